The highest BCUT2D eigenvalue weighted by molar-refractivity contribution is 7.80. The van der Waals surface area contributed by atoms with E-state index in [0.29, 0.717) is 18.1 Å². The molecule has 0 aromatic rings. The average Bonchev–Trinajstić information content (AvgIpc) is 2.89. The number of thiol groups is 1. The normalized spacial score (nSPS) is 37.2. The third-order valence-electron chi connectivity index (χ3n) is 8.31. The van der Waals surface area contributed by atoms with Gasteiger partial charge in [0.25, 0.3) is 0 Å². The highest BCUT2D eigenvalue weighted by Crippen LogP contribution is 2.42. The zero-order valence-corrected chi connectivity index (χ0v) is 19.3. The molecule has 27 heavy (non-hydrogen) atoms. The predicted octanol–water partition coefficient (Wildman–Crippen LogP) is 2.79. The van der Waals surface area contributed by atoms with Crippen molar-refractivity contribution < 1.29 is 0 Å². The fraction of sp³-hybridized carbons (Fsp3) is 1.00. The molecule has 5 saturated heterocycles. The Kier molecular flexibility index (Phi) is 5.66. The molecule has 5 aliphatic rings. The number of piperidine rings is 1. The minimum absolute atomic E-state index is 0.197. The van der Waals surface area contributed by atoms with Crippen LogP contribution in [-0.4, -0.2) is 99.4 Å². The van der Waals surface area contributed by atoms with Gasteiger partial charge in [-0.05, 0) is 60.8 Å². The SMILES string of the molecule is CC(C)N1CC2CC(C1)N2C(CS)C(C)(C)N1CC2CCC(C1)N2C(C)C. The van der Waals surface area contributed by atoms with Crippen molar-refractivity contribution in [2.45, 2.75) is 109 Å². The molecule has 0 spiro atoms. The van der Waals surface area contributed by atoms with Gasteiger partial charge >= 0.3 is 0 Å². The van der Waals surface area contributed by atoms with Crippen molar-refractivity contribution >= 4 is 12.6 Å². The van der Waals surface area contributed by atoms with E-state index < -0.39 is 0 Å². The van der Waals surface area contributed by atoms with Gasteiger partial charge in [0, 0.05) is 79.8 Å². The summed E-state index contributed by atoms with van der Waals surface area (Å²) in [4.78, 5) is 11.2. The van der Waals surface area contributed by atoms with Crippen LogP contribution in [0.3, 0.4) is 0 Å². The number of fused-ring (bicyclic) bond motifs is 4. The van der Waals surface area contributed by atoms with Crippen LogP contribution in [0.2, 0.25) is 0 Å². The van der Waals surface area contributed by atoms with E-state index in [1.54, 1.807) is 0 Å². The maximum Gasteiger partial charge on any atom is 0.0369 e. The molecule has 5 fully saturated rings. The molecule has 0 radical (unpaired) electrons. The Balaban J connectivity index is 1.47. The number of hydrogen-bond acceptors (Lipinski definition) is 5. The second-order valence-corrected chi connectivity index (χ2v) is 11.1. The number of nitrogens with zero attached hydrogens (tertiary/aromatic N) is 4. The summed E-state index contributed by atoms with van der Waals surface area (Å²) in [5.74, 6) is 0.974. The van der Waals surface area contributed by atoms with E-state index in [-0.39, 0.29) is 5.54 Å². The number of rotatable bonds is 6. The fourth-order valence-corrected chi connectivity index (χ4v) is 7.38. The van der Waals surface area contributed by atoms with Gasteiger partial charge in [0.2, 0.25) is 0 Å². The summed E-state index contributed by atoms with van der Waals surface area (Å²) >= 11 is 4.88. The molecule has 5 unspecified atom stereocenters. The van der Waals surface area contributed by atoms with Crippen LogP contribution in [0.15, 0.2) is 0 Å². The van der Waals surface area contributed by atoms with Gasteiger partial charge in [-0.3, -0.25) is 19.6 Å². The van der Waals surface area contributed by atoms with Gasteiger partial charge in [-0.2, -0.15) is 12.6 Å². The van der Waals surface area contributed by atoms with Gasteiger partial charge in [0.05, 0.1) is 0 Å². The van der Waals surface area contributed by atoms with Crippen molar-refractivity contribution in [1.29, 1.82) is 0 Å². The largest absolute Gasteiger partial charge is 0.298 e. The van der Waals surface area contributed by atoms with Crippen LogP contribution in [0, 0.1) is 0 Å². The summed E-state index contributed by atoms with van der Waals surface area (Å²) in [6.07, 6.45) is 4.18. The molecular formula is C22H42N4S. The second-order valence-electron chi connectivity index (χ2n) is 10.7. The third kappa shape index (κ3) is 3.39. The Labute approximate surface area is 173 Å². The summed E-state index contributed by atoms with van der Waals surface area (Å²) in [7, 11) is 0. The first-order valence-electron chi connectivity index (χ1n) is 11.4. The molecule has 0 aromatic carbocycles. The molecular weight excluding hydrogens is 352 g/mol. The molecule has 5 atom stereocenters. The quantitative estimate of drug-likeness (QED) is 0.696. The van der Waals surface area contributed by atoms with E-state index in [2.05, 4.69) is 61.1 Å². The molecule has 5 heteroatoms. The standard InChI is InChI=1S/C22H42N4S/c1-15(2)23-10-19-9-20(11-23)26(19)21(14-27)22(5,6)24-12-17-7-8-18(13-24)25(17)16(3)4/h15-21,27H,7-14H2,1-6H3. The molecule has 5 aliphatic heterocycles. The highest BCUT2D eigenvalue weighted by Gasteiger charge is 2.54. The number of hydrogen-bond donors (Lipinski definition) is 1. The van der Waals surface area contributed by atoms with Crippen LogP contribution in [0.4, 0.5) is 0 Å². The molecule has 0 aromatic heterocycles. The van der Waals surface area contributed by atoms with E-state index >= 15 is 0 Å². The van der Waals surface area contributed by atoms with Gasteiger partial charge in [-0.25, -0.2) is 0 Å². The minimum Gasteiger partial charge on any atom is -0.298 e. The Bertz CT molecular complexity index is 510. The lowest BCUT2D eigenvalue weighted by Crippen LogP contribution is -2.77. The first-order valence-corrected chi connectivity index (χ1v) is 12.0. The third-order valence-corrected chi connectivity index (χ3v) is 8.65. The maximum atomic E-state index is 4.88. The second kappa shape index (κ2) is 7.46. The number of piperazine rings is 2. The lowest BCUT2D eigenvalue weighted by atomic mass is 9.79. The summed E-state index contributed by atoms with van der Waals surface area (Å²) in [5.41, 5.74) is 0.197. The van der Waals surface area contributed by atoms with Crippen LogP contribution in [0.25, 0.3) is 0 Å². The molecule has 0 aliphatic carbocycles. The summed E-state index contributed by atoms with van der Waals surface area (Å²) < 4.78 is 0. The van der Waals surface area contributed by atoms with Crippen molar-refractivity contribution in [1.82, 2.24) is 19.6 Å². The highest BCUT2D eigenvalue weighted by atomic mass is 32.1. The Morgan fingerprint density at radius 1 is 0.815 bits per heavy atom. The van der Waals surface area contributed by atoms with Crippen LogP contribution < -0.4 is 0 Å². The van der Waals surface area contributed by atoms with E-state index in [0.717, 1.165) is 29.9 Å². The van der Waals surface area contributed by atoms with Crippen molar-refractivity contribution in [2.24, 2.45) is 0 Å². The van der Waals surface area contributed by atoms with E-state index in [9.17, 15) is 0 Å². The van der Waals surface area contributed by atoms with Crippen LogP contribution in [-0.2, 0) is 0 Å². The lowest BCUT2D eigenvalue weighted by molar-refractivity contribution is -0.136. The predicted molar refractivity (Wildman–Crippen MR) is 118 cm³/mol. The van der Waals surface area contributed by atoms with E-state index in [4.69, 9.17) is 12.6 Å². The van der Waals surface area contributed by atoms with E-state index in [1.165, 1.54) is 45.4 Å². The van der Waals surface area contributed by atoms with Gasteiger partial charge in [-0.1, -0.05) is 0 Å². The zero-order chi connectivity index (χ0) is 19.5. The summed E-state index contributed by atoms with van der Waals surface area (Å²) in [6, 6.07) is 4.94. The van der Waals surface area contributed by atoms with Crippen molar-refractivity contribution in [3.8, 4) is 0 Å². The number of likely N-dealkylation sites (tertiary alicyclic amines) is 1. The van der Waals surface area contributed by atoms with Crippen LogP contribution in [0.5, 0.6) is 0 Å². The monoisotopic (exact) mass is 394 g/mol. The molecule has 4 nitrogen and oxygen atoms in total. The molecule has 4 bridgehead atoms. The molecule has 5 rings (SSSR count). The first-order chi connectivity index (χ1) is 12.7. The van der Waals surface area contributed by atoms with Crippen LogP contribution in [0.1, 0.15) is 60.8 Å². The van der Waals surface area contributed by atoms with Gasteiger partial charge < -0.3 is 0 Å². The van der Waals surface area contributed by atoms with Gasteiger partial charge in [-0.15, -0.1) is 0 Å². The van der Waals surface area contributed by atoms with Crippen LogP contribution >= 0.6 is 12.6 Å². The zero-order valence-electron chi connectivity index (χ0n) is 18.4. The minimum atomic E-state index is 0.197. The summed E-state index contributed by atoms with van der Waals surface area (Å²) in [5, 5.41) is 0. The Morgan fingerprint density at radius 3 is 1.81 bits per heavy atom. The van der Waals surface area contributed by atoms with Crippen molar-refractivity contribution in [3.05, 3.63) is 0 Å². The molecule has 156 valence electrons. The Morgan fingerprint density at radius 2 is 1.37 bits per heavy atom. The van der Waals surface area contributed by atoms with Crippen molar-refractivity contribution in [2.75, 3.05) is 31.9 Å². The molecule has 5 heterocycles. The Hall–Kier alpha value is 0.190. The molecule has 0 N–H and O–H groups in total. The molecule has 0 saturated carbocycles. The lowest BCUT2D eigenvalue weighted by Gasteiger charge is -2.64. The van der Waals surface area contributed by atoms with Gasteiger partial charge in [0.1, 0.15) is 0 Å². The van der Waals surface area contributed by atoms with Gasteiger partial charge in [0.15, 0.2) is 0 Å². The topological polar surface area (TPSA) is 13.0 Å². The summed E-state index contributed by atoms with van der Waals surface area (Å²) in [6.45, 7) is 19.5. The molecule has 0 amide bonds. The maximum absolute atomic E-state index is 4.88. The smallest absolute Gasteiger partial charge is 0.0369 e. The van der Waals surface area contributed by atoms with E-state index in [1.807, 2.05) is 0 Å². The fourth-order valence-electron chi connectivity index (χ4n) is 6.74. The average molecular weight is 395 g/mol. The van der Waals surface area contributed by atoms with Crippen molar-refractivity contribution in [3.63, 3.8) is 0 Å². The first kappa shape index (κ1) is 20.5.